The van der Waals surface area contributed by atoms with E-state index in [0.29, 0.717) is 16.4 Å². The van der Waals surface area contributed by atoms with Gasteiger partial charge in [-0.2, -0.15) is 40.0 Å². The highest BCUT2D eigenvalue weighted by Gasteiger charge is 2.58. The molecule has 0 amide bonds. The molecule has 2 rings (SSSR count). The third-order valence-electron chi connectivity index (χ3n) is 3.67. The fourth-order valence-electron chi connectivity index (χ4n) is 2.22. The number of ether oxygens (including phenoxy) is 1. The summed E-state index contributed by atoms with van der Waals surface area (Å²) < 4.78 is 120. The zero-order chi connectivity index (χ0) is 23.6. The first-order chi connectivity index (χ1) is 14.1. The average molecular weight is 481 g/mol. The summed E-state index contributed by atoms with van der Waals surface area (Å²) in [6, 6.07) is 2.64. The van der Waals surface area contributed by atoms with Crippen molar-refractivity contribution in [1.82, 2.24) is 9.78 Å². The van der Waals surface area contributed by atoms with Gasteiger partial charge in [0.05, 0.1) is 11.4 Å². The minimum absolute atomic E-state index is 0.000287. The van der Waals surface area contributed by atoms with Gasteiger partial charge in [-0.15, -0.1) is 16.9 Å². The molecule has 0 atom stereocenters. The molecule has 0 saturated carbocycles. The molecule has 5 nitrogen and oxygen atoms in total. The monoisotopic (exact) mass is 481 g/mol. The van der Waals surface area contributed by atoms with Gasteiger partial charge in [0.25, 0.3) is 0 Å². The first-order valence-corrected chi connectivity index (χ1v) is 9.08. The summed E-state index contributed by atoms with van der Waals surface area (Å²) in [5.74, 6) is -8.30. The zero-order valence-corrected chi connectivity index (χ0v) is 16.1. The number of benzene rings is 1. The lowest BCUT2D eigenvalue weighted by Crippen LogP contribution is -2.41. The second-order valence-corrected chi connectivity index (χ2v) is 7.15. The van der Waals surface area contributed by atoms with E-state index in [4.69, 9.17) is 0 Å². The number of halogens is 9. The van der Waals surface area contributed by atoms with Crippen molar-refractivity contribution in [3.05, 3.63) is 40.2 Å². The Morgan fingerprint density at radius 3 is 2.29 bits per heavy atom. The lowest BCUT2D eigenvalue weighted by atomic mass is 10.2. The highest BCUT2D eigenvalue weighted by atomic mass is 32.2. The highest BCUT2D eigenvalue weighted by Crippen LogP contribution is 2.36. The molecule has 0 N–H and O–H groups in total. The molecule has 0 saturated heterocycles. The van der Waals surface area contributed by atoms with Crippen molar-refractivity contribution < 1.29 is 44.3 Å². The predicted octanol–water partition coefficient (Wildman–Crippen LogP) is 5.82. The molecule has 172 valence electrons. The van der Waals surface area contributed by atoms with E-state index < -0.39 is 54.6 Å². The molecule has 0 aliphatic carbocycles. The molecule has 0 spiro atoms. The van der Waals surface area contributed by atoms with Gasteiger partial charge in [-0.3, -0.25) is 0 Å². The highest BCUT2D eigenvalue weighted by molar-refractivity contribution is 7.99. The fourth-order valence-corrected chi connectivity index (χ4v) is 3.02. The number of aromatic nitrogens is 2. The van der Waals surface area contributed by atoms with Gasteiger partial charge in [-0.1, -0.05) is 5.18 Å². The molecule has 0 fully saturated rings. The molecule has 0 aliphatic rings. The Hall–Kier alpha value is -2.45. The van der Waals surface area contributed by atoms with E-state index >= 15 is 0 Å². The van der Waals surface area contributed by atoms with Crippen molar-refractivity contribution in [3.63, 3.8) is 0 Å². The summed E-state index contributed by atoms with van der Waals surface area (Å²) in [6.07, 6.45) is -10.4. The summed E-state index contributed by atoms with van der Waals surface area (Å²) in [5.41, 5.74) is -0.583. The van der Waals surface area contributed by atoms with Gasteiger partial charge >= 0.3 is 18.3 Å². The molecule has 0 aliphatic heterocycles. The summed E-state index contributed by atoms with van der Waals surface area (Å²) in [7, 11) is 0. The minimum Gasteiger partial charge on any atom is -0.470 e. The Morgan fingerprint density at radius 2 is 1.74 bits per heavy atom. The SMILES string of the molecule is Cc1cc(F)c(-n2nc(OCC(F)(F)C(F)(F)F)cc2CN=O)cc1SCC(F)(F)F. The maximum atomic E-state index is 14.4. The number of alkyl halides is 8. The summed E-state index contributed by atoms with van der Waals surface area (Å²) >= 11 is 0.341. The molecule has 0 bridgehead atoms. The quantitative estimate of drug-likeness (QED) is 0.271. The van der Waals surface area contributed by atoms with Crippen LogP contribution in [-0.4, -0.2) is 40.4 Å². The van der Waals surface area contributed by atoms with Crippen molar-refractivity contribution in [3.8, 4) is 11.6 Å². The van der Waals surface area contributed by atoms with Crippen molar-refractivity contribution in [2.75, 3.05) is 12.4 Å². The Bertz CT molecular complexity index is 942. The standard InChI is InChI=1S/C16H12F9N3O2S/c1-8-2-10(17)11(4-12(8)31-7-15(20,21)22)28-9(5-26-29)3-13(27-28)30-6-14(18,19)16(23,24)25/h2-4H,5-7H2,1H3. The van der Waals surface area contributed by atoms with Gasteiger partial charge in [0.15, 0.2) is 6.61 Å². The van der Waals surface area contributed by atoms with E-state index in [1.165, 1.54) is 6.92 Å². The second kappa shape index (κ2) is 8.96. The molecular formula is C16H12F9N3O2S. The molecule has 2 aromatic rings. The topological polar surface area (TPSA) is 56.5 Å². The summed E-state index contributed by atoms with van der Waals surface area (Å²) in [5, 5.41) is 6.07. The van der Waals surface area contributed by atoms with Crippen LogP contribution >= 0.6 is 11.8 Å². The maximum absolute atomic E-state index is 14.4. The predicted molar refractivity (Wildman–Crippen MR) is 91.0 cm³/mol. The average Bonchev–Trinajstić information content (AvgIpc) is 3.01. The van der Waals surface area contributed by atoms with Crippen molar-refractivity contribution in [1.29, 1.82) is 0 Å². The minimum atomic E-state index is -5.89. The number of hydrogen-bond donors (Lipinski definition) is 0. The van der Waals surface area contributed by atoms with E-state index in [0.717, 1.165) is 18.2 Å². The normalized spacial score (nSPS) is 12.8. The fraction of sp³-hybridized carbons (Fsp3) is 0.438. The molecule has 1 heterocycles. The van der Waals surface area contributed by atoms with Crippen LogP contribution in [0.3, 0.4) is 0 Å². The van der Waals surface area contributed by atoms with Crippen molar-refractivity contribution in [2.24, 2.45) is 5.18 Å². The van der Waals surface area contributed by atoms with Gasteiger partial charge in [0.2, 0.25) is 5.88 Å². The van der Waals surface area contributed by atoms with Crippen LogP contribution in [0.2, 0.25) is 0 Å². The Balaban J connectivity index is 2.40. The first-order valence-electron chi connectivity index (χ1n) is 8.10. The number of hydrogen-bond acceptors (Lipinski definition) is 5. The van der Waals surface area contributed by atoms with E-state index in [1.807, 2.05) is 0 Å². The smallest absolute Gasteiger partial charge is 0.456 e. The number of rotatable bonds is 8. The maximum Gasteiger partial charge on any atom is 0.456 e. The molecule has 31 heavy (non-hydrogen) atoms. The summed E-state index contributed by atoms with van der Waals surface area (Å²) in [4.78, 5) is 10.6. The van der Waals surface area contributed by atoms with Crippen LogP contribution in [-0.2, 0) is 6.54 Å². The Kier molecular flexibility index (Phi) is 7.17. The molecular weight excluding hydrogens is 469 g/mol. The van der Waals surface area contributed by atoms with E-state index in [2.05, 4.69) is 15.0 Å². The molecule has 1 aromatic carbocycles. The van der Waals surface area contributed by atoms with Gasteiger partial charge in [0, 0.05) is 11.0 Å². The Morgan fingerprint density at radius 1 is 1.10 bits per heavy atom. The van der Waals surface area contributed by atoms with E-state index in [-0.39, 0.29) is 16.2 Å². The zero-order valence-electron chi connectivity index (χ0n) is 15.3. The first kappa shape index (κ1) is 24.8. The van der Waals surface area contributed by atoms with Crippen LogP contribution in [0, 0.1) is 17.6 Å². The third-order valence-corrected chi connectivity index (χ3v) is 4.89. The van der Waals surface area contributed by atoms with Gasteiger partial charge in [0.1, 0.15) is 18.0 Å². The van der Waals surface area contributed by atoms with Crippen LogP contribution in [0.1, 0.15) is 11.3 Å². The van der Waals surface area contributed by atoms with E-state index in [9.17, 15) is 44.4 Å². The van der Waals surface area contributed by atoms with Gasteiger partial charge < -0.3 is 4.74 Å². The van der Waals surface area contributed by atoms with Crippen molar-refractivity contribution >= 4 is 11.8 Å². The van der Waals surface area contributed by atoms with Gasteiger partial charge in [-0.05, 0) is 24.6 Å². The van der Waals surface area contributed by atoms with Crippen LogP contribution in [0.15, 0.2) is 28.3 Å². The summed E-state index contributed by atoms with van der Waals surface area (Å²) in [6.45, 7) is -1.49. The van der Waals surface area contributed by atoms with Crippen molar-refractivity contribution in [2.45, 2.75) is 36.6 Å². The lowest BCUT2D eigenvalue weighted by molar-refractivity contribution is -0.290. The lowest BCUT2D eigenvalue weighted by Gasteiger charge is -2.18. The van der Waals surface area contributed by atoms with E-state index in [1.54, 1.807) is 0 Å². The van der Waals surface area contributed by atoms with Crippen LogP contribution in [0.25, 0.3) is 5.69 Å². The molecule has 1 aromatic heterocycles. The number of nitrogens with zero attached hydrogens (tertiary/aromatic N) is 3. The second-order valence-electron chi connectivity index (χ2n) is 6.14. The van der Waals surface area contributed by atoms with Crippen LogP contribution in [0.5, 0.6) is 5.88 Å². The number of aryl methyl sites for hydroxylation is 1. The number of nitroso groups, excluding NO2 is 1. The number of thioether (sulfide) groups is 1. The molecule has 15 heteroatoms. The van der Waals surface area contributed by atoms with Crippen LogP contribution < -0.4 is 4.74 Å². The van der Waals surface area contributed by atoms with Crippen LogP contribution in [0.4, 0.5) is 39.5 Å². The van der Waals surface area contributed by atoms with Gasteiger partial charge in [-0.25, -0.2) is 9.07 Å². The molecule has 0 unspecified atom stereocenters. The Labute approximate surface area is 172 Å². The third kappa shape index (κ3) is 6.27. The largest absolute Gasteiger partial charge is 0.470 e. The molecule has 0 radical (unpaired) electrons.